The Hall–Kier alpha value is -1.25. The van der Waals surface area contributed by atoms with Crippen molar-refractivity contribution in [3.8, 4) is 0 Å². The van der Waals surface area contributed by atoms with E-state index in [9.17, 15) is 4.57 Å². The zero-order valence-corrected chi connectivity index (χ0v) is 13.5. The molecule has 1 heterocycles. The molecular weight excluding hydrogens is 287 g/mol. The first-order chi connectivity index (χ1) is 9.50. The maximum Gasteiger partial charge on any atom is 0.111 e. The third kappa shape index (κ3) is 2.50. The second kappa shape index (κ2) is 4.94. The minimum Gasteiger partial charge on any atom is -0.354 e. The highest BCUT2D eigenvalue weighted by Gasteiger charge is 2.26. The van der Waals surface area contributed by atoms with E-state index in [-0.39, 0.29) is 0 Å². The molecule has 0 fully saturated rings. The van der Waals surface area contributed by atoms with Crippen molar-refractivity contribution in [2.45, 2.75) is 11.3 Å². The van der Waals surface area contributed by atoms with E-state index in [1.165, 1.54) is 11.3 Å². The van der Waals surface area contributed by atoms with Crippen LogP contribution >= 0.6 is 18.9 Å². The Labute approximate surface area is 123 Å². The molecule has 0 unspecified atom stereocenters. The first-order valence-corrected chi connectivity index (χ1v) is 10.3. The van der Waals surface area contributed by atoms with Crippen LogP contribution in [0.4, 0.5) is 11.4 Å². The van der Waals surface area contributed by atoms with Crippen molar-refractivity contribution in [3.63, 3.8) is 0 Å². The van der Waals surface area contributed by atoms with Crippen molar-refractivity contribution in [2.24, 2.45) is 0 Å². The lowest BCUT2D eigenvalue weighted by Crippen LogP contribution is -2.09. The molecule has 1 N–H and O–H groups in total. The Kier molecular flexibility index (Phi) is 3.39. The van der Waals surface area contributed by atoms with Gasteiger partial charge in [-0.15, -0.1) is 11.8 Å². The minimum absolute atomic E-state index is 0.901. The van der Waals surface area contributed by atoms with Gasteiger partial charge in [0.25, 0.3) is 0 Å². The standard InChI is InChI=1S/C15H17N2OPS/c1-19(2,18)13-7-5-4-6-11(13)17-15-10-8-12(10)16-9-14(15)20-3/h4-7,9H,8H2,1-3H3,(H,16,17). The van der Waals surface area contributed by atoms with Crippen molar-refractivity contribution in [3.05, 3.63) is 41.7 Å². The number of hydrogen-bond acceptors (Lipinski definition) is 4. The Morgan fingerprint density at radius 1 is 1.30 bits per heavy atom. The van der Waals surface area contributed by atoms with Crippen molar-refractivity contribution < 1.29 is 4.57 Å². The molecule has 0 atom stereocenters. The summed E-state index contributed by atoms with van der Waals surface area (Å²) >= 11 is 1.68. The fourth-order valence-electron chi connectivity index (χ4n) is 2.30. The van der Waals surface area contributed by atoms with Crippen LogP contribution in [0.25, 0.3) is 0 Å². The number of para-hydroxylation sites is 1. The normalized spacial score (nSPS) is 12.9. The molecule has 1 aliphatic carbocycles. The number of nitrogens with zero attached hydrogens (tertiary/aromatic N) is 1. The average Bonchev–Trinajstić information content (AvgIpc) is 3.18. The molecule has 0 saturated heterocycles. The van der Waals surface area contributed by atoms with Crippen molar-refractivity contribution in [1.29, 1.82) is 0 Å². The number of anilines is 2. The van der Waals surface area contributed by atoms with Crippen LogP contribution in [-0.4, -0.2) is 24.6 Å². The molecule has 0 amide bonds. The molecule has 1 aromatic carbocycles. The summed E-state index contributed by atoms with van der Waals surface area (Å²) < 4.78 is 12.4. The van der Waals surface area contributed by atoms with Gasteiger partial charge in [0.05, 0.1) is 11.4 Å². The van der Waals surface area contributed by atoms with E-state index in [1.807, 2.05) is 50.0 Å². The highest BCUT2D eigenvalue weighted by molar-refractivity contribution is 7.98. The fraction of sp³-hybridized carbons (Fsp3) is 0.267. The smallest absolute Gasteiger partial charge is 0.111 e. The predicted molar refractivity (Wildman–Crippen MR) is 87.6 cm³/mol. The molecule has 1 aromatic heterocycles. The summed E-state index contributed by atoms with van der Waals surface area (Å²) in [5, 5.41) is 4.39. The van der Waals surface area contributed by atoms with Gasteiger partial charge in [-0.1, -0.05) is 12.1 Å². The largest absolute Gasteiger partial charge is 0.354 e. The Balaban J connectivity index is 2.04. The van der Waals surface area contributed by atoms with Crippen molar-refractivity contribution in [2.75, 3.05) is 24.9 Å². The van der Waals surface area contributed by atoms with E-state index in [0.29, 0.717) is 0 Å². The molecule has 104 valence electrons. The fourth-order valence-corrected chi connectivity index (χ4v) is 4.00. The molecule has 0 bridgehead atoms. The van der Waals surface area contributed by atoms with Gasteiger partial charge in [-0.3, -0.25) is 4.98 Å². The molecule has 0 spiro atoms. The van der Waals surface area contributed by atoms with Crippen LogP contribution in [0.1, 0.15) is 11.3 Å². The SMILES string of the molecule is CSc1cnc2c(c1Nc1ccccc1P(C)(C)=O)C2. The minimum atomic E-state index is -2.30. The lowest BCUT2D eigenvalue weighted by Gasteiger charge is -2.16. The van der Waals surface area contributed by atoms with Crippen molar-refractivity contribution in [1.82, 2.24) is 4.98 Å². The molecule has 0 saturated carbocycles. The van der Waals surface area contributed by atoms with Crippen LogP contribution < -0.4 is 10.6 Å². The van der Waals surface area contributed by atoms with Crippen LogP contribution in [0.5, 0.6) is 0 Å². The van der Waals surface area contributed by atoms with Crippen LogP contribution in [0.15, 0.2) is 35.4 Å². The molecule has 3 nitrogen and oxygen atoms in total. The van der Waals surface area contributed by atoms with Crippen molar-refractivity contribution >= 4 is 35.6 Å². The molecule has 2 aromatic rings. The average molecular weight is 304 g/mol. The Morgan fingerprint density at radius 3 is 2.75 bits per heavy atom. The number of pyridine rings is 1. The van der Waals surface area contributed by atoms with Gasteiger partial charge >= 0.3 is 0 Å². The molecular formula is C15H17N2OPS. The molecule has 5 heteroatoms. The van der Waals surface area contributed by atoms with Gasteiger partial charge in [0, 0.05) is 34.1 Å². The van der Waals surface area contributed by atoms with Crippen LogP contribution in [0.3, 0.4) is 0 Å². The summed E-state index contributed by atoms with van der Waals surface area (Å²) in [6.45, 7) is 3.61. The van der Waals surface area contributed by atoms with E-state index in [2.05, 4.69) is 10.3 Å². The van der Waals surface area contributed by atoms with Gasteiger partial charge in [0.2, 0.25) is 0 Å². The second-order valence-corrected chi connectivity index (χ2v) is 9.33. The van der Waals surface area contributed by atoms with E-state index in [1.54, 1.807) is 11.8 Å². The van der Waals surface area contributed by atoms with Gasteiger partial charge in [-0.2, -0.15) is 0 Å². The number of hydrogen-bond donors (Lipinski definition) is 1. The van der Waals surface area contributed by atoms with Gasteiger partial charge in [-0.25, -0.2) is 0 Å². The molecule has 0 radical (unpaired) electrons. The van der Waals surface area contributed by atoms with Gasteiger partial charge in [0.1, 0.15) is 7.14 Å². The molecule has 0 aliphatic heterocycles. The predicted octanol–water partition coefficient (Wildman–Crippen LogP) is 3.70. The maximum absolute atomic E-state index is 12.4. The second-order valence-electron chi connectivity index (χ2n) is 5.30. The Bertz CT molecular complexity index is 724. The van der Waals surface area contributed by atoms with Gasteiger partial charge < -0.3 is 9.88 Å². The maximum atomic E-state index is 12.4. The first kappa shape index (κ1) is 13.7. The lowest BCUT2D eigenvalue weighted by molar-refractivity contribution is 0.588. The summed E-state index contributed by atoms with van der Waals surface area (Å²) in [5.41, 5.74) is 4.52. The summed E-state index contributed by atoms with van der Waals surface area (Å²) in [7, 11) is -2.30. The molecule has 1 aliphatic rings. The zero-order valence-electron chi connectivity index (χ0n) is 11.8. The number of aromatic nitrogens is 1. The first-order valence-electron chi connectivity index (χ1n) is 6.47. The van der Waals surface area contributed by atoms with E-state index in [0.717, 1.165) is 28.0 Å². The van der Waals surface area contributed by atoms with Crippen LogP contribution in [0, 0.1) is 0 Å². The van der Waals surface area contributed by atoms with Gasteiger partial charge in [-0.05, 0) is 31.7 Å². The van der Waals surface area contributed by atoms with Gasteiger partial charge in [0.15, 0.2) is 0 Å². The summed E-state index contributed by atoms with van der Waals surface area (Å²) in [6, 6.07) is 7.85. The summed E-state index contributed by atoms with van der Waals surface area (Å²) in [5.74, 6) is 0. The number of thioether (sulfide) groups is 1. The zero-order chi connectivity index (χ0) is 14.3. The third-order valence-corrected chi connectivity index (χ3v) is 5.72. The third-order valence-electron chi connectivity index (χ3n) is 3.42. The van der Waals surface area contributed by atoms with Crippen LogP contribution in [-0.2, 0) is 11.0 Å². The Morgan fingerprint density at radius 2 is 2.05 bits per heavy atom. The number of benzene rings is 1. The monoisotopic (exact) mass is 304 g/mol. The quantitative estimate of drug-likeness (QED) is 0.589. The highest BCUT2D eigenvalue weighted by Crippen LogP contribution is 2.43. The lowest BCUT2D eigenvalue weighted by atomic mass is 10.3. The molecule has 20 heavy (non-hydrogen) atoms. The highest BCUT2D eigenvalue weighted by atomic mass is 32.2. The topological polar surface area (TPSA) is 42.0 Å². The van der Waals surface area contributed by atoms with E-state index >= 15 is 0 Å². The van der Waals surface area contributed by atoms with Crippen LogP contribution in [0.2, 0.25) is 0 Å². The molecule has 3 rings (SSSR count). The number of nitrogens with one attached hydrogen (secondary N) is 1. The summed E-state index contributed by atoms with van der Waals surface area (Å²) in [4.78, 5) is 5.54. The van der Waals surface area contributed by atoms with E-state index in [4.69, 9.17) is 0 Å². The number of rotatable bonds is 4. The van der Waals surface area contributed by atoms with E-state index < -0.39 is 7.14 Å². The summed E-state index contributed by atoms with van der Waals surface area (Å²) in [6.07, 6.45) is 4.92. The number of fused-ring (bicyclic) bond motifs is 1.